The smallest absolute Gasteiger partial charge is 0.337 e. The van der Waals surface area contributed by atoms with Crippen molar-refractivity contribution in [3.05, 3.63) is 29.6 Å². The molecule has 0 amide bonds. The number of para-hydroxylation sites is 1. The van der Waals surface area contributed by atoms with Gasteiger partial charge in [0.2, 0.25) is 0 Å². The summed E-state index contributed by atoms with van der Waals surface area (Å²) >= 11 is 0. The molecule has 1 aromatic heterocycles. The lowest BCUT2D eigenvalue weighted by atomic mass is 9.81. The average molecular weight is 272 g/mol. The van der Waals surface area contributed by atoms with Crippen molar-refractivity contribution in [2.45, 2.75) is 45.6 Å². The summed E-state index contributed by atoms with van der Waals surface area (Å²) in [7, 11) is 0. The molecular formula is C16H20N2O2. The highest BCUT2D eigenvalue weighted by atomic mass is 16.4. The van der Waals surface area contributed by atoms with Crippen LogP contribution in [0.3, 0.4) is 0 Å². The number of carboxylic acid groups (broad SMARTS) is 1. The van der Waals surface area contributed by atoms with Crippen molar-refractivity contribution in [2.75, 3.05) is 0 Å². The van der Waals surface area contributed by atoms with Gasteiger partial charge in [0, 0.05) is 12.0 Å². The van der Waals surface area contributed by atoms with Gasteiger partial charge in [-0.25, -0.2) is 9.78 Å². The van der Waals surface area contributed by atoms with Crippen molar-refractivity contribution in [3.63, 3.8) is 0 Å². The van der Waals surface area contributed by atoms with Crippen LogP contribution in [0.4, 0.5) is 0 Å². The summed E-state index contributed by atoms with van der Waals surface area (Å²) in [4.78, 5) is 16.0. The molecular weight excluding hydrogens is 252 g/mol. The highest BCUT2D eigenvalue weighted by Crippen LogP contribution is 2.41. The van der Waals surface area contributed by atoms with Gasteiger partial charge in [0.15, 0.2) is 0 Å². The zero-order chi connectivity index (χ0) is 14.4. The van der Waals surface area contributed by atoms with Crippen molar-refractivity contribution < 1.29 is 9.90 Å². The minimum atomic E-state index is -0.905. The van der Waals surface area contributed by atoms with Gasteiger partial charge in [0.05, 0.1) is 11.1 Å². The second-order valence-electron chi connectivity index (χ2n) is 6.20. The van der Waals surface area contributed by atoms with Gasteiger partial charge < -0.3 is 9.67 Å². The van der Waals surface area contributed by atoms with E-state index >= 15 is 0 Å². The zero-order valence-electron chi connectivity index (χ0n) is 12.1. The summed E-state index contributed by atoms with van der Waals surface area (Å²) in [6.07, 6.45) is 2.31. The van der Waals surface area contributed by atoms with Gasteiger partial charge in [-0.1, -0.05) is 26.8 Å². The SMILES string of the molecule is CC1CC(n2c(C(C)C)nc3c(C(=O)O)cccc32)C1. The van der Waals surface area contributed by atoms with Crippen molar-refractivity contribution in [1.82, 2.24) is 9.55 Å². The Kier molecular flexibility index (Phi) is 3.04. The standard InChI is InChI=1S/C16H20N2O2/c1-9(2)15-17-14-12(16(19)20)5-4-6-13(14)18(15)11-7-10(3)8-11/h4-6,9-11H,7-8H2,1-3H3,(H,19,20). The van der Waals surface area contributed by atoms with Gasteiger partial charge in [-0.15, -0.1) is 0 Å². The first-order valence-corrected chi connectivity index (χ1v) is 7.23. The van der Waals surface area contributed by atoms with Crippen LogP contribution in [0.25, 0.3) is 11.0 Å². The van der Waals surface area contributed by atoms with Crippen LogP contribution in [0, 0.1) is 5.92 Å². The first-order valence-electron chi connectivity index (χ1n) is 7.23. The summed E-state index contributed by atoms with van der Waals surface area (Å²) < 4.78 is 2.27. The number of rotatable bonds is 3. The number of fused-ring (bicyclic) bond motifs is 1. The van der Waals surface area contributed by atoms with E-state index in [0.717, 1.165) is 30.1 Å². The summed E-state index contributed by atoms with van der Waals surface area (Å²) in [5, 5.41) is 9.32. The van der Waals surface area contributed by atoms with Crippen molar-refractivity contribution in [2.24, 2.45) is 5.92 Å². The van der Waals surface area contributed by atoms with E-state index in [0.29, 0.717) is 23.0 Å². The normalized spacial score (nSPS) is 22.2. The first-order chi connectivity index (χ1) is 9.49. The molecule has 4 heteroatoms. The maximum Gasteiger partial charge on any atom is 0.337 e. The Bertz CT molecular complexity index is 666. The van der Waals surface area contributed by atoms with Crippen molar-refractivity contribution in [3.8, 4) is 0 Å². The second kappa shape index (κ2) is 4.62. The Labute approximate surface area is 118 Å². The van der Waals surface area contributed by atoms with Crippen LogP contribution in [0.5, 0.6) is 0 Å². The van der Waals surface area contributed by atoms with E-state index in [1.54, 1.807) is 6.07 Å². The lowest BCUT2D eigenvalue weighted by Crippen LogP contribution is -2.26. The van der Waals surface area contributed by atoms with Crippen LogP contribution >= 0.6 is 0 Å². The molecule has 1 heterocycles. The molecule has 1 aromatic carbocycles. The maximum absolute atomic E-state index is 11.4. The molecule has 0 bridgehead atoms. The molecule has 0 spiro atoms. The number of carboxylic acids is 1. The Morgan fingerprint density at radius 2 is 2.10 bits per heavy atom. The molecule has 4 nitrogen and oxygen atoms in total. The third kappa shape index (κ3) is 1.90. The topological polar surface area (TPSA) is 55.1 Å². The van der Waals surface area contributed by atoms with Gasteiger partial charge in [-0.05, 0) is 30.9 Å². The summed E-state index contributed by atoms with van der Waals surface area (Å²) in [5.41, 5.74) is 1.89. The summed E-state index contributed by atoms with van der Waals surface area (Å²) in [6, 6.07) is 5.91. The molecule has 1 fully saturated rings. The van der Waals surface area contributed by atoms with E-state index in [9.17, 15) is 9.90 Å². The van der Waals surface area contributed by atoms with E-state index in [4.69, 9.17) is 0 Å². The van der Waals surface area contributed by atoms with E-state index < -0.39 is 5.97 Å². The Balaban J connectivity index is 2.23. The Morgan fingerprint density at radius 1 is 1.40 bits per heavy atom. The van der Waals surface area contributed by atoms with Crippen molar-refractivity contribution >= 4 is 17.0 Å². The molecule has 1 aliphatic carbocycles. The molecule has 1 N–H and O–H groups in total. The molecule has 3 rings (SSSR count). The molecule has 0 atom stereocenters. The average Bonchev–Trinajstić information content (AvgIpc) is 2.73. The highest BCUT2D eigenvalue weighted by Gasteiger charge is 2.31. The van der Waals surface area contributed by atoms with Gasteiger partial charge in [-0.2, -0.15) is 0 Å². The molecule has 0 aliphatic heterocycles. The predicted molar refractivity (Wildman–Crippen MR) is 78.2 cm³/mol. The molecule has 0 unspecified atom stereocenters. The minimum Gasteiger partial charge on any atom is -0.478 e. The molecule has 0 saturated heterocycles. The minimum absolute atomic E-state index is 0.292. The lowest BCUT2D eigenvalue weighted by molar-refractivity contribution is 0.0699. The van der Waals surface area contributed by atoms with E-state index in [1.807, 2.05) is 12.1 Å². The van der Waals surface area contributed by atoms with Gasteiger partial charge >= 0.3 is 5.97 Å². The van der Waals surface area contributed by atoms with E-state index in [2.05, 4.69) is 30.3 Å². The highest BCUT2D eigenvalue weighted by molar-refractivity contribution is 6.01. The number of hydrogen-bond acceptors (Lipinski definition) is 2. The van der Waals surface area contributed by atoms with Gasteiger partial charge in [0.25, 0.3) is 0 Å². The first kappa shape index (κ1) is 13.2. The Morgan fingerprint density at radius 3 is 2.65 bits per heavy atom. The fourth-order valence-corrected chi connectivity index (χ4v) is 3.17. The van der Waals surface area contributed by atoms with Gasteiger partial charge in [0.1, 0.15) is 11.3 Å². The van der Waals surface area contributed by atoms with Crippen LogP contribution < -0.4 is 0 Å². The zero-order valence-corrected chi connectivity index (χ0v) is 12.1. The number of carbonyl (C=O) groups is 1. The van der Waals surface area contributed by atoms with Gasteiger partial charge in [-0.3, -0.25) is 0 Å². The number of benzene rings is 1. The van der Waals surface area contributed by atoms with E-state index in [1.165, 1.54) is 0 Å². The molecule has 1 aliphatic rings. The quantitative estimate of drug-likeness (QED) is 0.923. The molecule has 2 aromatic rings. The fourth-order valence-electron chi connectivity index (χ4n) is 3.17. The van der Waals surface area contributed by atoms with Crippen LogP contribution in [0.15, 0.2) is 18.2 Å². The van der Waals surface area contributed by atoms with Crippen molar-refractivity contribution in [1.29, 1.82) is 0 Å². The number of imidazole rings is 1. The number of aromatic carboxylic acids is 1. The number of aromatic nitrogens is 2. The summed E-state index contributed by atoms with van der Waals surface area (Å²) in [5.74, 6) is 1.14. The fraction of sp³-hybridized carbons (Fsp3) is 0.500. The van der Waals surface area contributed by atoms with E-state index in [-0.39, 0.29) is 0 Å². The van der Waals surface area contributed by atoms with Crippen LogP contribution in [0.2, 0.25) is 0 Å². The van der Waals surface area contributed by atoms with Crippen LogP contribution in [0.1, 0.15) is 61.8 Å². The summed E-state index contributed by atoms with van der Waals surface area (Å²) in [6.45, 7) is 6.48. The number of nitrogens with zero attached hydrogens (tertiary/aromatic N) is 2. The molecule has 106 valence electrons. The molecule has 0 radical (unpaired) electrons. The number of hydrogen-bond donors (Lipinski definition) is 1. The monoisotopic (exact) mass is 272 g/mol. The predicted octanol–water partition coefficient (Wildman–Crippen LogP) is 3.83. The molecule has 1 saturated carbocycles. The molecule has 20 heavy (non-hydrogen) atoms. The van der Waals surface area contributed by atoms with Crippen LogP contribution in [-0.4, -0.2) is 20.6 Å². The lowest BCUT2D eigenvalue weighted by Gasteiger charge is -2.35. The largest absolute Gasteiger partial charge is 0.478 e. The Hall–Kier alpha value is -1.84. The van der Waals surface area contributed by atoms with Crippen LogP contribution in [-0.2, 0) is 0 Å². The third-order valence-electron chi connectivity index (χ3n) is 4.21. The third-order valence-corrected chi connectivity index (χ3v) is 4.21. The maximum atomic E-state index is 11.4. The second-order valence-corrected chi connectivity index (χ2v) is 6.20.